The Morgan fingerprint density at radius 1 is 1.47 bits per heavy atom. The molecule has 1 aliphatic heterocycles. The smallest absolute Gasteiger partial charge is 0.314 e. The van der Waals surface area contributed by atoms with E-state index in [2.05, 4.69) is 30.2 Å². The number of aromatic nitrogens is 1. The third kappa shape index (κ3) is 3.59. The highest BCUT2D eigenvalue weighted by Gasteiger charge is 2.21. The lowest BCUT2D eigenvalue weighted by atomic mass is 10.0. The van der Waals surface area contributed by atoms with Gasteiger partial charge in [0.25, 0.3) is 0 Å². The van der Waals surface area contributed by atoms with Crippen LogP contribution in [-0.2, 0) is 0 Å². The van der Waals surface area contributed by atoms with E-state index >= 15 is 0 Å². The fourth-order valence-corrected chi connectivity index (χ4v) is 2.33. The number of nitrogens with two attached hydrogens (primary N) is 1. The zero-order valence-electron chi connectivity index (χ0n) is 11.6. The molecule has 1 aliphatic rings. The number of anilines is 1. The maximum Gasteiger partial charge on any atom is 0.314 e. The summed E-state index contributed by atoms with van der Waals surface area (Å²) in [4.78, 5) is 17.1. The van der Waals surface area contributed by atoms with Gasteiger partial charge in [-0.05, 0) is 30.9 Å². The largest absolute Gasteiger partial charge is 0.382 e. The topological polar surface area (TPSA) is 71.2 Å². The van der Waals surface area contributed by atoms with Gasteiger partial charge in [-0.1, -0.05) is 13.8 Å². The van der Waals surface area contributed by atoms with Crippen LogP contribution in [-0.4, -0.2) is 35.0 Å². The van der Waals surface area contributed by atoms with E-state index < -0.39 is 0 Å². The predicted octanol–water partition coefficient (Wildman–Crippen LogP) is 2.16. The maximum absolute atomic E-state index is 11.1. The molecule has 1 saturated heterocycles. The summed E-state index contributed by atoms with van der Waals surface area (Å²) in [5.74, 6) is 0.429. The fraction of sp³-hybridized carbons (Fsp3) is 0.571. The molecule has 0 bridgehead atoms. The molecule has 2 heterocycles. The molecule has 1 fully saturated rings. The predicted molar refractivity (Wildman–Crippen MR) is 76.1 cm³/mol. The Morgan fingerprint density at radius 2 is 2.16 bits per heavy atom. The van der Waals surface area contributed by atoms with E-state index in [9.17, 15) is 4.79 Å². The van der Waals surface area contributed by atoms with Crippen molar-refractivity contribution in [3.63, 3.8) is 0 Å². The molecule has 1 aromatic rings. The van der Waals surface area contributed by atoms with Crippen molar-refractivity contribution in [3.8, 4) is 0 Å². The number of hydrogen-bond acceptors (Lipinski definition) is 3. The minimum absolute atomic E-state index is 0.315. The molecule has 0 aromatic carbocycles. The quantitative estimate of drug-likeness (QED) is 0.877. The van der Waals surface area contributed by atoms with Gasteiger partial charge in [-0.3, -0.25) is 4.98 Å². The van der Waals surface area contributed by atoms with E-state index in [0.29, 0.717) is 12.0 Å². The van der Waals surface area contributed by atoms with E-state index in [-0.39, 0.29) is 6.03 Å². The van der Waals surface area contributed by atoms with Gasteiger partial charge >= 0.3 is 6.03 Å². The summed E-state index contributed by atoms with van der Waals surface area (Å²) in [6.07, 6.45) is 3.71. The number of likely N-dealkylation sites (tertiary alicyclic amines) is 1. The molecule has 2 rings (SSSR count). The zero-order valence-corrected chi connectivity index (χ0v) is 11.6. The van der Waals surface area contributed by atoms with Crippen LogP contribution in [0.5, 0.6) is 0 Å². The summed E-state index contributed by atoms with van der Waals surface area (Å²) >= 11 is 0. The second-order valence-corrected chi connectivity index (χ2v) is 5.37. The Morgan fingerprint density at radius 3 is 2.74 bits per heavy atom. The average Bonchev–Trinajstić information content (AvgIpc) is 2.39. The van der Waals surface area contributed by atoms with Gasteiger partial charge in [0, 0.05) is 36.7 Å². The number of primary amides is 1. The number of carbonyl (C=O) groups excluding carboxylic acids is 1. The van der Waals surface area contributed by atoms with Gasteiger partial charge in [0.05, 0.1) is 0 Å². The number of nitrogens with zero attached hydrogens (tertiary/aromatic N) is 2. The van der Waals surface area contributed by atoms with E-state index in [1.54, 1.807) is 4.90 Å². The van der Waals surface area contributed by atoms with Crippen LogP contribution < -0.4 is 11.1 Å². The van der Waals surface area contributed by atoms with Crippen molar-refractivity contribution >= 4 is 11.7 Å². The van der Waals surface area contributed by atoms with Crippen LogP contribution in [0.2, 0.25) is 0 Å². The van der Waals surface area contributed by atoms with E-state index in [0.717, 1.165) is 37.3 Å². The summed E-state index contributed by atoms with van der Waals surface area (Å²) in [6.45, 7) is 5.74. The number of hydrogen-bond donors (Lipinski definition) is 2. The molecule has 1 aromatic heterocycles. The number of rotatable bonds is 3. The minimum Gasteiger partial charge on any atom is -0.382 e. The molecule has 3 N–H and O–H groups in total. The molecule has 2 amide bonds. The fourth-order valence-electron chi connectivity index (χ4n) is 2.33. The molecule has 0 radical (unpaired) electrons. The second-order valence-electron chi connectivity index (χ2n) is 5.37. The molecular formula is C14H22N4O. The van der Waals surface area contributed by atoms with E-state index in [1.165, 1.54) is 0 Å². The molecule has 0 unspecified atom stereocenters. The number of carbonyl (C=O) groups is 1. The van der Waals surface area contributed by atoms with Crippen LogP contribution in [0.25, 0.3) is 0 Å². The van der Waals surface area contributed by atoms with Crippen LogP contribution in [0.4, 0.5) is 10.5 Å². The number of nitrogens with one attached hydrogen (secondary N) is 1. The average molecular weight is 262 g/mol. The molecule has 0 saturated carbocycles. The standard InChI is InChI=1S/C14H22N4O/c1-10(2)13-9-12(3-6-16-13)17-11-4-7-18(8-5-11)14(15)19/h3,6,9-11H,4-5,7-8H2,1-2H3,(H2,15,19)(H,16,17). The van der Waals surface area contributed by atoms with Crippen molar-refractivity contribution < 1.29 is 4.79 Å². The first-order valence-corrected chi connectivity index (χ1v) is 6.83. The van der Waals surface area contributed by atoms with Gasteiger partial charge < -0.3 is 16.0 Å². The van der Waals surface area contributed by atoms with E-state index in [4.69, 9.17) is 5.73 Å². The highest BCUT2D eigenvalue weighted by Crippen LogP contribution is 2.19. The zero-order chi connectivity index (χ0) is 13.8. The summed E-state index contributed by atoms with van der Waals surface area (Å²) in [7, 11) is 0. The van der Waals surface area contributed by atoms with Crippen LogP contribution >= 0.6 is 0 Å². The normalized spacial score (nSPS) is 16.7. The van der Waals surface area contributed by atoms with Crippen LogP contribution in [0, 0.1) is 0 Å². The SMILES string of the molecule is CC(C)c1cc(NC2CCN(C(N)=O)CC2)ccn1. The first kappa shape index (κ1) is 13.6. The van der Waals surface area contributed by atoms with Crippen molar-refractivity contribution in [2.24, 2.45) is 5.73 Å². The highest BCUT2D eigenvalue weighted by atomic mass is 16.2. The molecule has 0 spiro atoms. The summed E-state index contributed by atoms with van der Waals surface area (Å²) < 4.78 is 0. The highest BCUT2D eigenvalue weighted by molar-refractivity contribution is 5.72. The van der Waals surface area contributed by atoms with Crippen molar-refractivity contribution in [2.45, 2.75) is 38.6 Å². The Labute approximate surface area is 114 Å². The maximum atomic E-state index is 11.1. The van der Waals surface area contributed by atoms with Crippen molar-refractivity contribution in [1.82, 2.24) is 9.88 Å². The van der Waals surface area contributed by atoms with Gasteiger partial charge in [-0.25, -0.2) is 4.79 Å². The number of amides is 2. The minimum atomic E-state index is -0.315. The molecule has 5 nitrogen and oxygen atoms in total. The van der Waals surface area contributed by atoms with Crippen molar-refractivity contribution in [2.75, 3.05) is 18.4 Å². The monoisotopic (exact) mass is 262 g/mol. The van der Waals surface area contributed by atoms with Crippen LogP contribution in [0.1, 0.15) is 38.3 Å². The molecule has 0 atom stereocenters. The molecular weight excluding hydrogens is 240 g/mol. The Kier molecular flexibility index (Phi) is 4.24. The second kappa shape index (κ2) is 5.91. The summed E-state index contributed by atoms with van der Waals surface area (Å²) in [6, 6.07) is 4.18. The third-order valence-electron chi connectivity index (χ3n) is 3.55. The summed E-state index contributed by atoms with van der Waals surface area (Å²) in [5, 5.41) is 3.52. The number of pyridine rings is 1. The van der Waals surface area contributed by atoms with E-state index in [1.807, 2.05) is 12.3 Å². The lowest BCUT2D eigenvalue weighted by Crippen LogP contribution is -2.44. The molecule has 104 valence electrons. The van der Waals surface area contributed by atoms with Gasteiger partial charge in [0.2, 0.25) is 0 Å². The molecule has 19 heavy (non-hydrogen) atoms. The first-order valence-electron chi connectivity index (χ1n) is 6.83. The molecule has 5 heteroatoms. The van der Waals surface area contributed by atoms with Crippen molar-refractivity contribution in [3.05, 3.63) is 24.0 Å². The lowest BCUT2D eigenvalue weighted by Gasteiger charge is -2.31. The van der Waals surface area contributed by atoms with Gasteiger partial charge in [0.1, 0.15) is 0 Å². The van der Waals surface area contributed by atoms with Gasteiger partial charge in [-0.2, -0.15) is 0 Å². The Hall–Kier alpha value is -1.78. The van der Waals surface area contributed by atoms with Gasteiger partial charge in [0.15, 0.2) is 0 Å². The van der Waals surface area contributed by atoms with Crippen LogP contribution in [0.3, 0.4) is 0 Å². The molecule has 0 aliphatic carbocycles. The summed E-state index contributed by atoms with van der Waals surface area (Å²) in [5.41, 5.74) is 7.48. The van der Waals surface area contributed by atoms with Crippen LogP contribution in [0.15, 0.2) is 18.3 Å². The lowest BCUT2D eigenvalue weighted by molar-refractivity contribution is 0.193. The number of piperidine rings is 1. The number of urea groups is 1. The third-order valence-corrected chi connectivity index (χ3v) is 3.55. The van der Waals surface area contributed by atoms with Gasteiger partial charge in [-0.15, -0.1) is 0 Å². The Bertz CT molecular complexity index is 439. The van der Waals surface area contributed by atoms with Crippen molar-refractivity contribution in [1.29, 1.82) is 0 Å². The first-order chi connectivity index (χ1) is 9.06. The Balaban J connectivity index is 1.92.